The fraction of sp³-hybridized carbons (Fsp3) is 0. The molecular weight excluding hydrogens is 232 g/mol. The van der Waals surface area contributed by atoms with Crippen LogP contribution in [-0.4, -0.2) is 21.1 Å². The number of benzene rings is 2. The van der Waals surface area contributed by atoms with Gasteiger partial charge in [0, 0.05) is 16.7 Å². The van der Waals surface area contributed by atoms with E-state index in [4.69, 9.17) is 0 Å². The predicted molar refractivity (Wildman–Crippen MR) is 63.0 cm³/mol. The Labute approximate surface area is 103 Å². The third-order valence-electron chi connectivity index (χ3n) is 3.05. The van der Waals surface area contributed by atoms with E-state index >= 15 is 0 Å². The molecule has 3 N–H and O–H groups in total. The molecule has 0 fully saturated rings. The summed E-state index contributed by atoms with van der Waals surface area (Å²) in [5.74, 6) is -0.899. The van der Waals surface area contributed by atoms with Crippen molar-refractivity contribution in [2.75, 3.05) is 0 Å². The summed E-state index contributed by atoms with van der Waals surface area (Å²) in [5, 5.41) is 29.6. The Morgan fingerprint density at radius 1 is 0.722 bits per heavy atom. The zero-order valence-corrected chi connectivity index (χ0v) is 9.21. The Kier molecular flexibility index (Phi) is 2.15. The second kappa shape index (κ2) is 3.58. The first kappa shape index (κ1) is 10.8. The molecule has 3 rings (SSSR count). The van der Waals surface area contributed by atoms with Gasteiger partial charge in [-0.05, 0) is 12.1 Å². The molecule has 0 unspecified atom stereocenters. The minimum atomic E-state index is -0.410. The van der Waals surface area contributed by atoms with Crippen LogP contribution in [0.15, 0.2) is 36.4 Å². The molecule has 1 aliphatic carbocycles. The molecular formula is C14H9O4. The molecule has 2 aromatic carbocycles. The van der Waals surface area contributed by atoms with E-state index in [1.807, 2.05) is 0 Å². The van der Waals surface area contributed by atoms with Crippen molar-refractivity contribution in [3.05, 3.63) is 64.8 Å². The summed E-state index contributed by atoms with van der Waals surface area (Å²) in [7, 11) is 0. The maximum atomic E-state index is 12.2. The number of phenols is 2. The molecule has 0 saturated heterocycles. The average molecular weight is 241 g/mol. The summed E-state index contributed by atoms with van der Waals surface area (Å²) < 4.78 is 0. The number of aromatic hydroxyl groups is 2. The van der Waals surface area contributed by atoms with Crippen molar-refractivity contribution in [2.45, 2.75) is 0 Å². The van der Waals surface area contributed by atoms with Crippen LogP contribution >= 0.6 is 0 Å². The first-order valence-electron chi connectivity index (χ1n) is 5.36. The Morgan fingerprint density at radius 3 is 1.94 bits per heavy atom. The van der Waals surface area contributed by atoms with Gasteiger partial charge < -0.3 is 15.3 Å². The maximum Gasteiger partial charge on any atom is 0.197 e. The molecule has 18 heavy (non-hydrogen) atoms. The van der Waals surface area contributed by atoms with Crippen LogP contribution in [0, 0.1) is 6.10 Å². The van der Waals surface area contributed by atoms with Crippen molar-refractivity contribution in [1.82, 2.24) is 0 Å². The van der Waals surface area contributed by atoms with Crippen molar-refractivity contribution in [3.63, 3.8) is 0 Å². The van der Waals surface area contributed by atoms with E-state index in [2.05, 4.69) is 0 Å². The molecule has 89 valence electrons. The van der Waals surface area contributed by atoms with Gasteiger partial charge in [0.25, 0.3) is 0 Å². The Hall–Kier alpha value is -2.33. The predicted octanol–water partition coefficient (Wildman–Crippen LogP) is 1.94. The van der Waals surface area contributed by atoms with Crippen molar-refractivity contribution >= 4 is 5.78 Å². The number of carbonyl (C=O) groups is 1. The molecule has 0 heterocycles. The molecule has 0 saturated carbocycles. The monoisotopic (exact) mass is 241 g/mol. The third-order valence-corrected chi connectivity index (χ3v) is 3.05. The summed E-state index contributed by atoms with van der Waals surface area (Å²) in [4.78, 5) is 12.2. The quantitative estimate of drug-likeness (QED) is 0.616. The molecule has 4 nitrogen and oxygen atoms in total. The fourth-order valence-electron chi connectivity index (χ4n) is 2.21. The van der Waals surface area contributed by atoms with Gasteiger partial charge in [0.05, 0.1) is 5.56 Å². The van der Waals surface area contributed by atoms with Crippen LogP contribution in [-0.2, 0) is 0 Å². The molecule has 0 amide bonds. The smallest absolute Gasteiger partial charge is 0.197 e. The van der Waals surface area contributed by atoms with Gasteiger partial charge in [-0.15, -0.1) is 0 Å². The van der Waals surface area contributed by atoms with E-state index in [9.17, 15) is 20.1 Å². The normalized spacial score (nSPS) is 14.2. The lowest BCUT2D eigenvalue weighted by Gasteiger charge is -2.23. The molecule has 1 aliphatic rings. The topological polar surface area (TPSA) is 77.8 Å². The number of fused-ring (bicyclic) bond motifs is 2. The van der Waals surface area contributed by atoms with E-state index in [1.165, 1.54) is 12.1 Å². The van der Waals surface area contributed by atoms with Crippen LogP contribution in [0.5, 0.6) is 11.5 Å². The van der Waals surface area contributed by atoms with Crippen LogP contribution < -0.4 is 0 Å². The lowest BCUT2D eigenvalue weighted by atomic mass is 9.82. The number of rotatable bonds is 0. The summed E-state index contributed by atoms with van der Waals surface area (Å²) in [5.41, 5.74) is 0.587. The molecule has 4 heteroatoms. The van der Waals surface area contributed by atoms with E-state index in [-0.39, 0.29) is 28.7 Å². The Balaban J connectivity index is 2.37. The van der Waals surface area contributed by atoms with E-state index in [0.29, 0.717) is 11.1 Å². The second-order valence-corrected chi connectivity index (χ2v) is 4.08. The molecule has 0 aliphatic heterocycles. The Bertz CT molecular complexity index is 661. The molecule has 0 spiro atoms. The summed E-state index contributed by atoms with van der Waals surface area (Å²) >= 11 is 0. The number of carbonyl (C=O) groups excluding carboxylic acids is 1. The van der Waals surface area contributed by atoms with Crippen molar-refractivity contribution in [1.29, 1.82) is 0 Å². The summed E-state index contributed by atoms with van der Waals surface area (Å²) in [6.45, 7) is 0. The lowest BCUT2D eigenvalue weighted by molar-refractivity contribution is 0.102. The van der Waals surface area contributed by atoms with Crippen LogP contribution in [0.3, 0.4) is 0 Å². The Morgan fingerprint density at radius 2 is 1.28 bits per heavy atom. The van der Waals surface area contributed by atoms with Gasteiger partial charge in [0.2, 0.25) is 0 Å². The lowest BCUT2D eigenvalue weighted by Crippen LogP contribution is -2.20. The highest BCUT2D eigenvalue weighted by Gasteiger charge is 2.34. The summed E-state index contributed by atoms with van der Waals surface area (Å²) in [6, 6.07) is 9.00. The number of hydrogen-bond acceptors (Lipinski definition) is 4. The first-order valence-corrected chi connectivity index (χ1v) is 5.36. The highest BCUT2D eigenvalue weighted by atomic mass is 16.3. The molecule has 0 aromatic heterocycles. The zero-order valence-electron chi connectivity index (χ0n) is 9.21. The van der Waals surface area contributed by atoms with Crippen molar-refractivity contribution in [3.8, 4) is 11.5 Å². The number of phenolic OH excluding ortho intramolecular Hbond substituents is 2. The highest BCUT2D eigenvalue weighted by Crippen LogP contribution is 2.42. The van der Waals surface area contributed by atoms with Gasteiger partial charge in [0.15, 0.2) is 11.9 Å². The van der Waals surface area contributed by atoms with Crippen LogP contribution in [0.2, 0.25) is 0 Å². The first-order chi connectivity index (χ1) is 8.61. The van der Waals surface area contributed by atoms with Gasteiger partial charge >= 0.3 is 0 Å². The minimum absolute atomic E-state index is 0.0151. The zero-order chi connectivity index (χ0) is 12.9. The maximum absolute atomic E-state index is 12.2. The minimum Gasteiger partial charge on any atom is -0.508 e. The van der Waals surface area contributed by atoms with Crippen molar-refractivity contribution in [2.24, 2.45) is 0 Å². The largest absolute Gasteiger partial charge is 0.508 e. The number of aliphatic hydroxyl groups excluding tert-OH is 1. The van der Waals surface area contributed by atoms with Crippen LogP contribution in [0.1, 0.15) is 27.0 Å². The molecule has 0 bridgehead atoms. The van der Waals surface area contributed by atoms with Gasteiger partial charge in [0.1, 0.15) is 11.5 Å². The standard InChI is InChI=1S/C14H9O4/c15-9-5-6-10(16)12-11(9)13(17)7-3-1-2-4-8(7)14(12)18/h1-6,15-17H. The van der Waals surface area contributed by atoms with Gasteiger partial charge in [-0.25, -0.2) is 0 Å². The van der Waals surface area contributed by atoms with Crippen LogP contribution in [0.4, 0.5) is 0 Å². The highest BCUT2D eigenvalue weighted by molar-refractivity contribution is 6.15. The fourth-order valence-corrected chi connectivity index (χ4v) is 2.21. The van der Waals surface area contributed by atoms with Crippen molar-refractivity contribution < 1.29 is 20.1 Å². The summed E-state index contributed by atoms with van der Waals surface area (Å²) in [6.07, 6.45) is -0.200. The number of aliphatic hydroxyl groups is 1. The van der Waals surface area contributed by atoms with E-state index in [1.54, 1.807) is 24.3 Å². The van der Waals surface area contributed by atoms with Gasteiger partial charge in [-0.3, -0.25) is 4.79 Å². The molecule has 1 radical (unpaired) electrons. The van der Waals surface area contributed by atoms with E-state index < -0.39 is 5.78 Å². The number of hydrogen-bond donors (Lipinski definition) is 3. The van der Waals surface area contributed by atoms with Gasteiger partial charge in [-0.1, -0.05) is 24.3 Å². The molecule has 2 aromatic rings. The number of ketones is 1. The van der Waals surface area contributed by atoms with E-state index in [0.717, 1.165) is 0 Å². The van der Waals surface area contributed by atoms with Crippen LogP contribution in [0.25, 0.3) is 0 Å². The SMILES string of the molecule is O=C1c2ccccc2[C](O)c2c(O)ccc(O)c21. The third kappa shape index (κ3) is 1.26. The average Bonchev–Trinajstić information content (AvgIpc) is 2.38. The second-order valence-electron chi connectivity index (χ2n) is 4.08. The van der Waals surface area contributed by atoms with Gasteiger partial charge in [-0.2, -0.15) is 0 Å². The molecule has 0 atom stereocenters.